The number of nitrogens with zero attached hydrogens (tertiary/aromatic N) is 1. The van der Waals surface area contributed by atoms with Gasteiger partial charge >= 0.3 is 12.1 Å². The molecule has 1 N–H and O–H groups in total. The van der Waals surface area contributed by atoms with Crippen LogP contribution in [0.1, 0.15) is 46.6 Å². The van der Waals surface area contributed by atoms with Crippen LogP contribution in [0, 0.1) is 5.92 Å². The van der Waals surface area contributed by atoms with Crippen LogP contribution in [0.5, 0.6) is 0 Å². The third-order valence-electron chi connectivity index (χ3n) is 4.87. The number of amides is 1. The van der Waals surface area contributed by atoms with E-state index in [2.05, 4.69) is 12.2 Å². The Hall–Kier alpha value is -2.62. The van der Waals surface area contributed by atoms with Crippen molar-refractivity contribution < 1.29 is 27.5 Å². The van der Waals surface area contributed by atoms with E-state index in [4.69, 9.17) is 4.74 Å². The lowest BCUT2D eigenvalue weighted by atomic mass is 9.88. The molecule has 162 valence electrons. The molecule has 0 aromatic carbocycles. The highest BCUT2D eigenvalue weighted by molar-refractivity contribution is 7.17. The number of thiophene rings is 1. The molecule has 10 heteroatoms. The van der Waals surface area contributed by atoms with Gasteiger partial charge in [-0.2, -0.15) is 13.2 Å². The van der Waals surface area contributed by atoms with Gasteiger partial charge in [0.2, 0.25) is 5.91 Å². The number of carbonyl (C=O) groups is 2. The number of hydrogen-bond acceptors (Lipinski definition) is 5. The highest BCUT2D eigenvalue weighted by Crippen LogP contribution is 2.40. The largest absolute Gasteiger partial charge is 0.462 e. The zero-order chi connectivity index (χ0) is 22.1. The molecular weight excluding hydrogens is 421 g/mol. The van der Waals surface area contributed by atoms with Crippen molar-refractivity contribution in [3.05, 3.63) is 50.3 Å². The smallest absolute Gasteiger partial charge is 0.417 e. The van der Waals surface area contributed by atoms with Gasteiger partial charge in [-0.25, -0.2) is 4.79 Å². The van der Waals surface area contributed by atoms with E-state index in [1.807, 2.05) is 0 Å². The van der Waals surface area contributed by atoms with Crippen LogP contribution in [0.3, 0.4) is 0 Å². The lowest BCUT2D eigenvalue weighted by Crippen LogP contribution is -2.28. The first-order valence-electron chi connectivity index (χ1n) is 9.49. The van der Waals surface area contributed by atoms with Crippen molar-refractivity contribution in [2.45, 2.75) is 45.8 Å². The number of nitrogens with one attached hydrogen (secondary N) is 1. The molecule has 1 atom stereocenters. The number of hydrogen-bond donors (Lipinski definition) is 1. The molecule has 1 aliphatic rings. The van der Waals surface area contributed by atoms with Crippen LogP contribution in [0.25, 0.3) is 0 Å². The predicted molar refractivity (Wildman–Crippen MR) is 106 cm³/mol. The highest BCUT2D eigenvalue weighted by atomic mass is 32.1. The van der Waals surface area contributed by atoms with Crippen molar-refractivity contribution in [3.63, 3.8) is 0 Å². The average molecular weight is 442 g/mol. The van der Waals surface area contributed by atoms with Crippen molar-refractivity contribution in [3.8, 4) is 0 Å². The van der Waals surface area contributed by atoms with E-state index in [-0.39, 0.29) is 6.61 Å². The quantitative estimate of drug-likeness (QED) is 0.714. The van der Waals surface area contributed by atoms with Crippen LogP contribution in [-0.4, -0.2) is 23.1 Å². The molecule has 0 spiro atoms. The number of pyridine rings is 1. The van der Waals surface area contributed by atoms with E-state index in [1.165, 1.54) is 11.3 Å². The molecule has 2 aromatic rings. The van der Waals surface area contributed by atoms with E-state index in [9.17, 15) is 27.6 Å². The summed E-state index contributed by atoms with van der Waals surface area (Å²) < 4.78 is 44.5. The minimum atomic E-state index is -4.63. The second-order valence-electron chi connectivity index (χ2n) is 7.21. The lowest BCUT2D eigenvalue weighted by molar-refractivity contribution is -0.138. The number of esters is 1. The Morgan fingerprint density at radius 2 is 2.07 bits per heavy atom. The molecule has 1 aliphatic carbocycles. The summed E-state index contributed by atoms with van der Waals surface area (Å²) in [4.78, 5) is 37.9. The summed E-state index contributed by atoms with van der Waals surface area (Å²) in [6, 6.07) is 1.44. The fourth-order valence-corrected chi connectivity index (χ4v) is 4.82. The molecule has 0 aliphatic heterocycles. The molecule has 30 heavy (non-hydrogen) atoms. The second-order valence-corrected chi connectivity index (χ2v) is 8.31. The minimum absolute atomic E-state index is 0.173. The summed E-state index contributed by atoms with van der Waals surface area (Å²) in [5.74, 6) is -0.803. The molecule has 6 nitrogen and oxygen atoms in total. The molecule has 2 heterocycles. The molecule has 0 bridgehead atoms. The Morgan fingerprint density at radius 1 is 1.33 bits per heavy atom. The van der Waals surface area contributed by atoms with E-state index < -0.39 is 35.7 Å². The zero-order valence-electron chi connectivity index (χ0n) is 16.5. The van der Waals surface area contributed by atoms with Gasteiger partial charge in [0, 0.05) is 17.1 Å². The van der Waals surface area contributed by atoms with Gasteiger partial charge < -0.3 is 14.6 Å². The van der Waals surface area contributed by atoms with Crippen molar-refractivity contribution >= 4 is 28.2 Å². The van der Waals surface area contributed by atoms with Gasteiger partial charge in [-0.3, -0.25) is 9.59 Å². The fourth-order valence-electron chi connectivity index (χ4n) is 3.40. The fraction of sp³-hybridized carbons (Fsp3) is 0.450. The first-order valence-corrected chi connectivity index (χ1v) is 10.3. The number of ether oxygens (including phenoxy) is 1. The summed E-state index contributed by atoms with van der Waals surface area (Å²) in [7, 11) is 0. The first kappa shape index (κ1) is 22.1. The van der Waals surface area contributed by atoms with Crippen LogP contribution in [0.2, 0.25) is 0 Å². The number of aromatic nitrogens is 1. The van der Waals surface area contributed by atoms with Crippen LogP contribution < -0.4 is 10.9 Å². The monoisotopic (exact) mass is 442 g/mol. The third-order valence-corrected chi connectivity index (χ3v) is 6.04. The summed E-state index contributed by atoms with van der Waals surface area (Å²) in [5, 5.41) is 2.90. The third kappa shape index (κ3) is 4.75. The van der Waals surface area contributed by atoms with Crippen molar-refractivity contribution in [1.29, 1.82) is 0 Å². The molecule has 1 amide bonds. The Bertz CT molecular complexity index is 1030. The Balaban J connectivity index is 1.87. The summed E-state index contributed by atoms with van der Waals surface area (Å²) in [5.41, 5.74) is -0.609. The van der Waals surface area contributed by atoms with E-state index >= 15 is 0 Å². The van der Waals surface area contributed by atoms with E-state index in [0.29, 0.717) is 39.7 Å². The Labute approximate surface area is 174 Å². The van der Waals surface area contributed by atoms with Crippen molar-refractivity contribution in [1.82, 2.24) is 4.57 Å². The Kier molecular flexibility index (Phi) is 6.35. The summed E-state index contributed by atoms with van der Waals surface area (Å²) >= 11 is 1.27. The highest BCUT2D eigenvalue weighted by Gasteiger charge is 2.32. The number of anilines is 1. The maximum absolute atomic E-state index is 12.9. The standard InChI is InChI=1S/C20H21F3N2O4S/c1-3-29-19(28)17-13-6-4-11(2)8-14(13)30-18(17)24-15(26)10-25-9-12(20(21,22)23)5-7-16(25)27/h5,7,9,11H,3-4,6,8,10H2,1-2H3,(H,24,26). The van der Waals surface area contributed by atoms with E-state index in [0.717, 1.165) is 29.3 Å². The normalized spacial score (nSPS) is 16.1. The van der Waals surface area contributed by atoms with Gasteiger partial charge in [0.15, 0.2) is 0 Å². The van der Waals surface area contributed by atoms with Crippen LogP contribution in [-0.2, 0) is 35.1 Å². The SMILES string of the molecule is CCOC(=O)c1c(NC(=O)Cn2cc(C(F)(F)F)ccc2=O)sc2c1CCC(C)C2. The lowest BCUT2D eigenvalue weighted by Gasteiger charge is -2.18. The van der Waals surface area contributed by atoms with Crippen LogP contribution in [0.15, 0.2) is 23.1 Å². The number of carbonyl (C=O) groups excluding carboxylic acids is 2. The van der Waals surface area contributed by atoms with Gasteiger partial charge in [0.1, 0.15) is 11.5 Å². The molecule has 0 radical (unpaired) electrons. The topological polar surface area (TPSA) is 77.4 Å². The molecule has 0 saturated heterocycles. The zero-order valence-corrected chi connectivity index (χ0v) is 17.3. The number of rotatable bonds is 5. The number of alkyl halides is 3. The molecular formula is C20H21F3N2O4S. The van der Waals surface area contributed by atoms with E-state index in [1.54, 1.807) is 6.92 Å². The van der Waals surface area contributed by atoms with Crippen molar-refractivity contribution in [2.24, 2.45) is 5.92 Å². The summed E-state index contributed by atoms with van der Waals surface area (Å²) in [6.07, 6.45) is -1.66. The molecule has 3 rings (SSSR count). The van der Waals surface area contributed by atoms with Gasteiger partial charge in [-0.1, -0.05) is 6.92 Å². The van der Waals surface area contributed by atoms with Crippen LogP contribution >= 0.6 is 11.3 Å². The van der Waals surface area contributed by atoms with Crippen LogP contribution in [0.4, 0.5) is 18.2 Å². The summed E-state index contributed by atoms with van der Waals surface area (Å²) in [6.45, 7) is 3.35. The first-order chi connectivity index (χ1) is 14.1. The van der Waals surface area contributed by atoms with Gasteiger partial charge in [0.05, 0.1) is 17.7 Å². The number of halogens is 3. The van der Waals surface area contributed by atoms with Gasteiger partial charge in [-0.15, -0.1) is 11.3 Å². The Morgan fingerprint density at radius 3 is 2.73 bits per heavy atom. The molecule has 1 unspecified atom stereocenters. The predicted octanol–water partition coefficient (Wildman–Crippen LogP) is 3.87. The van der Waals surface area contributed by atoms with Gasteiger partial charge in [0.25, 0.3) is 5.56 Å². The maximum Gasteiger partial charge on any atom is 0.417 e. The maximum atomic E-state index is 12.9. The molecule has 2 aromatic heterocycles. The number of fused-ring (bicyclic) bond motifs is 1. The average Bonchev–Trinajstić information content (AvgIpc) is 2.99. The minimum Gasteiger partial charge on any atom is -0.462 e. The van der Waals surface area contributed by atoms with Crippen molar-refractivity contribution in [2.75, 3.05) is 11.9 Å². The van der Waals surface area contributed by atoms with Gasteiger partial charge in [-0.05, 0) is 43.7 Å². The second kappa shape index (κ2) is 8.63. The molecule has 0 saturated carbocycles. The molecule has 0 fully saturated rings.